The summed E-state index contributed by atoms with van der Waals surface area (Å²) in [5, 5.41) is 3.93. The van der Waals surface area contributed by atoms with Crippen LogP contribution < -0.4 is 20.7 Å². The molecule has 1 atom stereocenters. The first-order valence-electron chi connectivity index (χ1n) is 13.3. The van der Waals surface area contributed by atoms with Gasteiger partial charge in [-0.25, -0.2) is 9.97 Å². The second kappa shape index (κ2) is 11.1. The lowest BCUT2D eigenvalue weighted by atomic mass is 10.0. The number of rotatable bonds is 7. The van der Waals surface area contributed by atoms with Gasteiger partial charge in [0.25, 0.3) is 5.91 Å². The molecule has 12 heteroatoms. The highest BCUT2D eigenvalue weighted by Crippen LogP contribution is 2.39. The highest BCUT2D eigenvalue weighted by molar-refractivity contribution is 7.16. The van der Waals surface area contributed by atoms with Crippen molar-refractivity contribution in [2.75, 3.05) is 31.1 Å². The summed E-state index contributed by atoms with van der Waals surface area (Å²) in [6, 6.07) is 16.7. The number of fused-ring (bicyclic) bond motifs is 1. The number of amides is 1. The highest BCUT2D eigenvalue weighted by Gasteiger charge is 2.35. The first-order valence-corrected chi connectivity index (χ1v) is 14.2. The van der Waals surface area contributed by atoms with Gasteiger partial charge in [0.2, 0.25) is 0 Å². The Labute approximate surface area is 243 Å². The maximum absolute atomic E-state index is 13.6. The number of nitrogens with zero attached hydrogens (tertiary/aromatic N) is 4. The topological polar surface area (TPSA) is 98.3 Å². The summed E-state index contributed by atoms with van der Waals surface area (Å²) in [4.78, 5) is 23.8. The maximum atomic E-state index is 13.6. The standard InChI is InChI=1S/C30H27F3N6O2S/c1-18(21-4-2-3-5-22(21)30(31,32)33)41-25-15-27(42-28(25)29(34)40)39-17-37-23-14-19(6-8-24(23)39)20-7-9-26(36-16-20)38-12-10-35-11-13-38/h2-9,14-18,35H,10-13H2,1H3,(H2,34,40)/t18-/m1/s1. The van der Waals surface area contributed by atoms with Crippen LogP contribution in [-0.2, 0) is 6.18 Å². The molecule has 4 heterocycles. The third-order valence-corrected chi connectivity index (χ3v) is 8.35. The van der Waals surface area contributed by atoms with E-state index < -0.39 is 23.8 Å². The van der Waals surface area contributed by atoms with Gasteiger partial charge in [-0.3, -0.25) is 9.36 Å². The molecule has 2 aromatic carbocycles. The number of nitrogens with two attached hydrogens (primary N) is 1. The molecule has 0 bridgehead atoms. The zero-order chi connectivity index (χ0) is 29.4. The van der Waals surface area contributed by atoms with Crippen molar-refractivity contribution in [3.63, 3.8) is 0 Å². The molecule has 0 aliphatic carbocycles. The van der Waals surface area contributed by atoms with Crippen LogP contribution in [0.4, 0.5) is 19.0 Å². The van der Waals surface area contributed by atoms with Crippen LogP contribution in [0.15, 0.2) is 73.2 Å². The molecule has 6 rings (SSSR count). The second-order valence-electron chi connectivity index (χ2n) is 9.95. The molecule has 1 saturated heterocycles. The highest BCUT2D eigenvalue weighted by atomic mass is 32.1. The summed E-state index contributed by atoms with van der Waals surface area (Å²) >= 11 is 1.08. The number of hydrogen-bond donors (Lipinski definition) is 2. The van der Waals surface area contributed by atoms with Gasteiger partial charge in [0.05, 0.1) is 16.6 Å². The smallest absolute Gasteiger partial charge is 0.416 e. The average Bonchev–Trinajstić information content (AvgIpc) is 3.61. The summed E-state index contributed by atoms with van der Waals surface area (Å²) in [5.41, 5.74) is 8.21. The van der Waals surface area contributed by atoms with E-state index in [1.54, 1.807) is 17.0 Å². The molecule has 1 aliphatic rings. The van der Waals surface area contributed by atoms with Gasteiger partial charge in [-0.1, -0.05) is 24.3 Å². The number of pyridine rings is 1. The third-order valence-electron chi connectivity index (χ3n) is 7.22. The van der Waals surface area contributed by atoms with Crippen molar-refractivity contribution in [3.05, 3.63) is 89.2 Å². The fourth-order valence-electron chi connectivity index (χ4n) is 5.11. The van der Waals surface area contributed by atoms with Crippen molar-refractivity contribution in [1.29, 1.82) is 0 Å². The Morgan fingerprint density at radius 1 is 1.05 bits per heavy atom. The van der Waals surface area contributed by atoms with Crippen LogP contribution in [0.2, 0.25) is 0 Å². The van der Waals surface area contributed by atoms with E-state index in [1.165, 1.54) is 25.1 Å². The Morgan fingerprint density at radius 3 is 2.52 bits per heavy atom. The quantitative estimate of drug-likeness (QED) is 0.247. The van der Waals surface area contributed by atoms with Gasteiger partial charge < -0.3 is 20.7 Å². The molecule has 3 aromatic heterocycles. The monoisotopic (exact) mass is 592 g/mol. The molecule has 1 aliphatic heterocycles. The predicted octanol–water partition coefficient (Wildman–Crippen LogP) is 5.82. The second-order valence-corrected chi connectivity index (χ2v) is 11.0. The number of halogens is 3. The summed E-state index contributed by atoms with van der Waals surface area (Å²) < 4.78 is 48.4. The number of benzene rings is 2. The molecule has 0 saturated carbocycles. The molecule has 1 amide bonds. The SMILES string of the molecule is C[C@@H](Oc1cc(-n2cnc3cc(-c4ccc(N5CCNCC5)nc4)ccc32)sc1C(N)=O)c1ccccc1C(F)(F)F. The van der Waals surface area contributed by atoms with E-state index in [-0.39, 0.29) is 16.2 Å². The Morgan fingerprint density at radius 2 is 1.81 bits per heavy atom. The Kier molecular flexibility index (Phi) is 7.33. The summed E-state index contributed by atoms with van der Waals surface area (Å²) in [6.45, 7) is 5.22. The maximum Gasteiger partial charge on any atom is 0.416 e. The number of piperazine rings is 1. The van der Waals surface area contributed by atoms with Crippen LogP contribution in [0.5, 0.6) is 5.75 Å². The lowest BCUT2D eigenvalue weighted by Gasteiger charge is -2.28. The predicted molar refractivity (Wildman–Crippen MR) is 156 cm³/mol. The normalized spacial score (nSPS) is 14.7. The molecule has 216 valence electrons. The molecular formula is C30H27F3N6O2S. The molecule has 1 fully saturated rings. The molecule has 5 aromatic rings. The van der Waals surface area contributed by atoms with E-state index in [0.29, 0.717) is 5.00 Å². The Hall–Kier alpha value is -4.42. The molecule has 3 N–H and O–H groups in total. The van der Waals surface area contributed by atoms with Gasteiger partial charge >= 0.3 is 6.18 Å². The van der Waals surface area contributed by atoms with Crippen LogP contribution in [0.1, 0.15) is 33.8 Å². The Balaban J connectivity index is 1.27. The number of carbonyl (C=O) groups is 1. The van der Waals surface area contributed by atoms with E-state index in [9.17, 15) is 18.0 Å². The Bertz CT molecular complexity index is 1740. The molecule has 0 radical (unpaired) electrons. The van der Waals surface area contributed by atoms with E-state index in [0.717, 1.165) is 71.6 Å². The lowest BCUT2D eigenvalue weighted by Crippen LogP contribution is -2.43. The largest absolute Gasteiger partial charge is 0.484 e. The number of thiophene rings is 1. The van der Waals surface area contributed by atoms with Crippen molar-refractivity contribution in [3.8, 4) is 21.9 Å². The number of aromatic nitrogens is 3. The number of hydrogen-bond acceptors (Lipinski definition) is 7. The first-order chi connectivity index (χ1) is 20.2. The minimum Gasteiger partial charge on any atom is -0.484 e. The van der Waals surface area contributed by atoms with Gasteiger partial charge in [0.1, 0.15) is 33.9 Å². The number of nitrogens with one attached hydrogen (secondary N) is 1. The molecule has 8 nitrogen and oxygen atoms in total. The minimum atomic E-state index is -4.54. The lowest BCUT2D eigenvalue weighted by molar-refractivity contribution is -0.139. The van der Waals surface area contributed by atoms with E-state index in [4.69, 9.17) is 10.5 Å². The average molecular weight is 593 g/mol. The van der Waals surface area contributed by atoms with E-state index >= 15 is 0 Å². The van der Waals surface area contributed by atoms with E-state index in [1.807, 2.05) is 36.5 Å². The third kappa shape index (κ3) is 5.42. The van der Waals surface area contributed by atoms with Gasteiger partial charge in [0.15, 0.2) is 0 Å². The minimum absolute atomic E-state index is 0.0377. The van der Waals surface area contributed by atoms with Crippen molar-refractivity contribution >= 4 is 34.1 Å². The van der Waals surface area contributed by atoms with Gasteiger partial charge in [0, 0.05) is 49.6 Å². The number of primary amides is 1. The van der Waals surface area contributed by atoms with Crippen LogP contribution >= 0.6 is 11.3 Å². The molecule has 42 heavy (non-hydrogen) atoms. The van der Waals surface area contributed by atoms with Crippen LogP contribution in [0.25, 0.3) is 27.2 Å². The van der Waals surface area contributed by atoms with Crippen LogP contribution in [0, 0.1) is 0 Å². The van der Waals surface area contributed by atoms with Crippen LogP contribution in [-0.4, -0.2) is 46.6 Å². The summed E-state index contributed by atoms with van der Waals surface area (Å²) in [5.74, 6) is 0.324. The zero-order valence-electron chi connectivity index (χ0n) is 22.6. The van der Waals surface area contributed by atoms with Crippen LogP contribution in [0.3, 0.4) is 0 Å². The number of carbonyl (C=O) groups excluding carboxylic acids is 1. The molecular weight excluding hydrogens is 565 g/mol. The van der Waals surface area contributed by atoms with Crippen molar-refractivity contribution in [2.45, 2.75) is 19.2 Å². The summed E-state index contributed by atoms with van der Waals surface area (Å²) in [7, 11) is 0. The van der Waals surface area contributed by atoms with Gasteiger partial charge in [-0.2, -0.15) is 13.2 Å². The van der Waals surface area contributed by atoms with Crippen molar-refractivity contribution in [1.82, 2.24) is 19.9 Å². The number of anilines is 1. The van der Waals surface area contributed by atoms with Gasteiger partial charge in [-0.05, 0) is 42.8 Å². The fourth-order valence-corrected chi connectivity index (χ4v) is 6.04. The van der Waals surface area contributed by atoms with Crippen molar-refractivity contribution < 1.29 is 22.7 Å². The number of alkyl halides is 3. The zero-order valence-corrected chi connectivity index (χ0v) is 23.4. The molecule has 0 spiro atoms. The van der Waals surface area contributed by atoms with Gasteiger partial charge in [-0.15, -0.1) is 11.3 Å². The number of ether oxygens (including phenoxy) is 1. The first kappa shape index (κ1) is 27.7. The van der Waals surface area contributed by atoms with E-state index in [2.05, 4.69) is 20.2 Å². The van der Waals surface area contributed by atoms with Crippen molar-refractivity contribution in [2.24, 2.45) is 5.73 Å². The summed E-state index contributed by atoms with van der Waals surface area (Å²) in [6.07, 6.45) is -2.05. The number of imidazole rings is 1. The fraction of sp³-hybridized carbons (Fsp3) is 0.233. The molecule has 0 unspecified atom stereocenters.